The minimum Gasteiger partial charge on any atom is -0.466 e. The van der Waals surface area contributed by atoms with Gasteiger partial charge in [0.1, 0.15) is 11.5 Å². The van der Waals surface area contributed by atoms with Crippen LogP contribution in [0.2, 0.25) is 0 Å². The lowest BCUT2D eigenvalue weighted by atomic mass is 10.1. The third-order valence-electron chi connectivity index (χ3n) is 3.75. The Kier molecular flexibility index (Phi) is 3.79. The van der Waals surface area contributed by atoms with Crippen molar-refractivity contribution in [3.05, 3.63) is 46.9 Å². The summed E-state index contributed by atoms with van der Waals surface area (Å²) in [6, 6.07) is 7.55. The highest BCUT2D eigenvalue weighted by molar-refractivity contribution is 5.95. The highest BCUT2D eigenvalue weighted by atomic mass is 16.7. The van der Waals surface area contributed by atoms with Crippen LogP contribution in [0.15, 0.2) is 28.7 Å². The van der Waals surface area contributed by atoms with E-state index in [9.17, 15) is 4.79 Å². The van der Waals surface area contributed by atoms with Gasteiger partial charge in [-0.25, -0.2) is 0 Å². The fourth-order valence-corrected chi connectivity index (χ4v) is 2.60. The zero-order chi connectivity index (χ0) is 15.7. The molecule has 1 aliphatic rings. The predicted octanol–water partition coefficient (Wildman–Crippen LogP) is 3.29. The van der Waals surface area contributed by atoms with Gasteiger partial charge in [0, 0.05) is 13.1 Å². The highest BCUT2D eigenvalue weighted by Gasteiger charge is 2.21. The average Bonchev–Trinajstić information content (AvgIpc) is 3.09. The first kappa shape index (κ1) is 14.5. The van der Waals surface area contributed by atoms with Gasteiger partial charge in [0.25, 0.3) is 5.91 Å². The van der Waals surface area contributed by atoms with E-state index in [1.54, 1.807) is 11.0 Å². The zero-order valence-corrected chi connectivity index (χ0v) is 13.0. The number of amides is 1. The average molecular weight is 301 g/mol. The molecule has 22 heavy (non-hydrogen) atoms. The standard InChI is InChI=1S/C17H19NO4/c1-4-18(17(19)14-7-11(2)22-12(14)3)9-13-5-6-15-16(8-13)21-10-20-15/h5-8H,4,9-10H2,1-3H3. The Balaban J connectivity index is 1.79. The normalized spacial score (nSPS) is 12.5. The van der Waals surface area contributed by atoms with Gasteiger partial charge in [0.2, 0.25) is 6.79 Å². The topological polar surface area (TPSA) is 51.9 Å². The Morgan fingerprint density at radius 2 is 1.95 bits per heavy atom. The van der Waals surface area contributed by atoms with Crippen molar-refractivity contribution in [1.82, 2.24) is 4.90 Å². The van der Waals surface area contributed by atoms with Crippen LogP contribution in [0.4, 0.5) is 0 Å². The van der Waals surface area contributed by atoms with E-state index in [1.807, 2.05) is 39.0 Å². The highest BCUT2D eigenvalue weighted by Crippen LogP contribution is 2.33. The Morgan fingerprint density at radius 3 is 2.64 bits per heavy atom. The number of carbonyl (C=O) groups excluding carboxylic acids is 1. The van der Waals surface area contributed by atoms with Crippen molar-refractivity contribution in [1.29, 1.82) is 0 Å². The SMILES string of the molecule is CCN(Cc1ccc2c(c1)OCO2)C(=O)c1cc(C)oc1C. The lowest BCUT2D eigenvalue weighted by Crippen LogP contribution is -2.30. The van der Waals surface area contributed by atoms with Crippen LogP contribution in [-0.4, -0.2) is 24.1 Å². The fraction of sp³-hybridized carbons (Fsp3) is 0.353. The third-order valence-corrected chi connectivity index (χ3v) is 3.75. The van der Waals surface area contributed by atoms with Crippen LogP contribution < -0.4 is 9.47 Å². The summed E-state index contributed by atoms with van der Waals surface area (Å²) in [5, 5.41) is 0. The van der Waals surface area contributed by atoms with Crippen molar-refractivity contribution in [2.24, 2.45) is 0 Å². The molecule has 2 heterocycles. The number of carbonyl (C=O) groups is 1. The maximum atomic E-state index is 12.7. The van der Waals surface area contributed by atoms with Crippen LogP contribution in [0.1, 0.15) is 34.4 Å². The molecule has 1 aliphatic heterocycles. The molecule has 0 aliphatic carbocycles. The molecule has 1 aromatic heterocycles. The molecule has 0 N–H and O–H groups in total. The maximum Gasteiger partial charge on any atom is 0.257 e. The summed E-state index contributed by atoms with van der Waals surface area (Å²) in [5.41, 5.74) is 1.64. The molecule has 0 fully saturated rings. The van der Waals surface area contributed by atoms with E-state index in [0.717, 1.165) is 22.8 Å². The van der Waals surface area contributed by atoms with E-state index >= 15 is 0 Å². The van der Waals surface area contributed by atoms with Crippen molar-refractivity contribution in [2.45, 2.75) is 27.3 Å². The number of hydrogen-bond acceptors (Lipinski definition) is 4. The van der Waals surface area contributed by atoms with Gasteiger partial charge >= 0.3 is 0 Å². The number of fused-ring (bicyclic) bond motifs is 1. The largest absolute Gasteiger partial charge is 0.466 e. The van der Waals surface area contributed by atoms with Crippen molar-refractivity contribution in [2.75, 3.05) is 13.3 Å². The minimum atomic E-state index is -0.0190. The molecule has 0 bridgehead atoms. The zero-order valence-electron chi connectivity index (χ0n) is 13.0. The third kappa shape index (κ3) is 2.66. The molecule has 2 aromatic rings. The lowest BCUT2D eigenvalue weighted by Gasteiger charge is -2.20. The first-order chi connectivity index (χ1) is 10.6. The molecule has 116 valence electrons. The van der Waals surface area contributed by atoms with Crippen LogP contribution in [0.25, 0.3) is 0 Å². The van der Waals surface area contributed by atoms with Gasteiger partial charge in [0.15, 0.2) is 11.5 Å². The number of nitrogens with zero attached hydrogens (tertiary/aromatic N) is 1. The van der Waals surface area contributed by atoms with Crippen molar-refractivity contribution < 1.29 is 18.7 Å². The van der Waals surface area contributed by atoms with E-state index in [0.29, 0.717) is 24.4 Å². The molecule has 0 saturated carbocycles. The van der Waals surface area contributed by atoms with Gasteiger partial charge in [0.05, 0.1) is 5.56 Å². The molecule has 1 aromatic carbocycles. The van der Waals surface area contributed by atoms with E-state index in [-0.39, 0.29) is 12.7 Å². The molecule has 5 heteroatoms. The number of aryl methyl sites for hydroxylation is 2. The Labute approximate surface area is 129 Å². The van der Waals surface area contributed by atoms with Gasteiger partial charge in [-0.05, 0) is 44.5 Å². The molecular formula is C17H19NO4. The Morgan fingerprint density at radius 1 is 1.18 bits per heavy atom. The molecule has 0 radical (unpaired) electrons. The first-order valence-electron chi connectivity index (χ1n) is 7.33. The van der Waals surface area contributed by atoms with Crippen molar-refractivity contribution >= 4 is 5.91 Å². The number of rotatable bonds is 4. The number of furan rings is 1. The summed E-state index contributed by atoms with van der Waals surface area (Å²) in [4.78, 5) is 14.4. The summed E-state index contributed by atoms with van der Waals surface area (Å²) in [6.45, 7) is 7.02. The summed E-state index contributed by atoms with van der Waals surface area (Å²) < 4.78 is 16.1. The summed E-state index contributed by atoms with van der Waals surface area (Å²) in [7, 11) is 0. The van der Waals surface area contributed by atoms with Gasteiger partial charge in [-0.15, -0.1) is 0 Å². The monoisotopic (exact) mass is 301 g/mol. The van der Waals surface area contributed by atoms with E-state index in [1.165, 1.54) is 0 Å². The quantitative estimate of drug-likeness (QED) is 0.869. The lowest BCUT2D eigenvalue weighted by molar-refractivity contribution is 0.0750. The molecule has 3 rings (SSSR count). The molecule has 0 atom stereocenters. The van der Waals surface area contributed by atoms with Crippen LogP contribution in [0.3, 0.4) is 0 Å². The second-order valence-corrected chi connectivity index (χ2v) is 5.33. The number of ether oxygens (including phenoxy) is 2. The van der Waals surface area contributed by atoms with E-state index < -0.39 is 0 Å². The molecular weight excluding hydrogens is 282 g/mol. The molecule has 1 amide bonds. The molecule has 0 unspecified atom stereocenters. The maximum absolute atomic E-state index is 12.7. The van der Waals surface area contributed by atoms with Gasteiger partial charge in [-0.3, -0.25) is 4.79 Å². The van der Waals surface area contributed by atoms with Gasteiger partial charge in [-0.2, -0.15) is 0 Å². The van der Waals surface area contributed by atoms with Crippen LogP contribution >= 0.6 is 0 Å². The molecule has 0 spiro atoms. The van der Waals surface area contributed by atoms with Crippen LogP contribution in [0.5, 0.6) is 11.5 Å². The van der Waals surface area contributed by atoms with Crippen molar-refractivity contribution in [3.63, 3.8) is 0 Å². The summed E-state index contributed by atoms with van der Waals surface area (Å²) in [5.74, 6) is 2.87. The second-order valence-electron chi connectivity index (χ2n) is 5.33. The number of hydrogen-bond donors (Lipinski definition) is 0. The minimum absolute atomic E-state index is 0.0190. The fourth-order valence-electron chi connectivity index (χ4n) is 2.60. The van der Waals surface area contributed by atoms with Crippen LogP contribution in [-0.2, 0) is 6.54 Å². The molecule has 5 nitrogen and oxygen atoms in total. The number of benzene rings is 1. The second kappa shape index (κ2) is 5.75. The first-order valence-corrected chi connectivity index (χ1v) is 7.33. The summed E-state index contributed by atoms with van der Waals surface area (Å²) in [6.07, 6.45) is 0. The van der Waals surface area contributed by atoms with E-state index in [2.05, 4.69) is 0 Å². The smallest absolute Gasteiger partial charge is 0.257 e. The van der Waals surface area contributed by atoms with Crippen molar-refractivity contribution in [3.8, 4) is 11.5 Å². The van der Waals surface area contributed by atoms with E-state index in [4.69, 9.17) is 13.9 Å². The Bertz CT molecular complexity index is 705. The summed E-state index contributed by atoms with van der Waals surface area (Å²) >= 11 is 0. The predicted molar refractivity (Wildman–Crippen MR) is 81.2 cm³/mol. The van der Waals surface area contributed by atoms with Gasteiger partial charge in [-0.1, -0.05) is 6.07 Å². The molecule has 0 saturated heterocycles. The van der Waals surface area contributed by atoms with Crippen LogP contribution in [0, 0.1) is 13.8 Å². The Hall–Kier alpha value is -2.43. The van der Waals surface area contributed by atoms with Gasteiger partial charge < -0.3 is 18.8 Å².